The zero-order valence-electron chi connectivity index (χ0n) is 16.3. The van der Waals surface area contributed by atoms with Crippen LogP contribution in [0.3, 0.4) is 0 Å². The lowest BCUT2D eigenvalue weighted by molar-refractivity contribution is -0.125. The molecule has 0 unspecified atom stereocenters. The number of halogens is 1. The van der Waals surface area contributed by atoms with Crippen LogP contribution in [0.4, 0.5) is 0 Å². The lowest BCUT2D eigenvalue weighted by atomic mass is 10.2. The third kappa shape index (κ3) is 5.32. The minimum absolute atomic E-state index is 0.298. The van der Waals surface area contributed by atoms with Gasteiger partial charge < -0.3 is 4.74 Å². The van der Waals surface area contributed by atoms with Gasteiger partial charge in [-0.15, -0.1) is 0 Å². The smallest absolute Gasteiger partial charge is 0.338 e. The summed E-state index contributed by atoms with van der Waals surface area (Å²) in [5, 5.41) is 4.39. The third-order valence-electron chi connectivity index (χ3n) is 4.11. The quantitative estimate of drug-likeness (QED) is 0.440. The van der Waals surface area contributed by atoms with Crippen molar-refractivity contribution in [1.82, 2.24) is 20.6 Å². The minimum Gasteiger partial charge on any atom is -0.452 e. The molecule has 0 aliphatic heterocycles. The van der Waals surface area contributed by atoms with Gasteiger partial charge in [-0.3, -0.25) is 20.4 Å². The second-order valence-corrected chi connectivity index (χ2v) is 7.39. The summed E-state index contributed by atoms with van der Waals surface area (Å²) < 4.78 is 7.59. The molecule has 3 rings (SSSR count). The number of benzene rings is 2. The molecule has 0 fully saturated rings. The molecule has 1 heterocycles. The Morgan fingerprint density at radius 1 is 0.967 bits per heavy atom. The standard InChI is InChI=1S/C21H19BrN4O4/c1-13-11-14(2)26(25-13)18-9-5-16(6-10-18)21(29)30-12-19(27)23-24-20(28)15-3-7-17(22)8-4-15/h3-11H,12H2,1-2H3,(H,23,27)(H,24,28). The van der Waals surface area contributed by atoms with Crippen LogP contribution >= 0.6 is 15.9 Å². The van der Waals surface area contributed by atoms with E-state index in [2.05, 4.69) is 31.9 Å². The predicted molar refractivity (Wildman–Crippen MR) is 113 cm³/mol. The Hall–Kier alpha value is -3.46. The average molecular weight is 471 g/mol. The first-order valence-corrected chi connectivity index (χ1v) is 9.78. The second kappa shape index (κ2) is 9.36. The fraction of sp³-hybridized carbons (Fsp3) is 0.143. The lowest BCUT2D eigenvalue weighted by Gasteiger charge is -2.09. The zero-order valence-corrected chi connectivity index (χ0v) is 17.9. The van der Waals surface area contributed by atoms with Gasteiger partial charge in [0.15, 0.2) is 6.61 Å². The number of nitrogens with zero attached hydrogens (tertiary/aromatic N) is 2. The van der Waals surface area contributed by atoms with Crippen molar-refractivity contribution >= 4 is 33.7 Å². The number of nitrogens with one attached hydrogen (secondary N) is 2. The van der Waals surface area contributed by atoms with Crippen molar-refractivity contribution in [2.75, 3.05) is 6.61 Å². The normalized spacial score (nSPS) is 10.4. The fourth-order valence-corrected chi connectivity index (χ4v) is 2.94. The van der Waals surface area contributed by atoms with Gasteiger partial charge in [-0.25, -0.2) is 9.48 Å². The van der Waals surface area contributed by atoms with Crippen molar-refractivity contribution in [1.29, 1.82) is 0 Å². The highest BCUT2D eigenvalue weighted by molar-refractivity contribution is 9.10. The Balaban J connectivity index is 1.49. The number of carbonyl (C=O) groups excluding carboxylic acids is 3. The summed E-state index contributed by atoms with van der Waals surface area (Å²) in [6.45, 7) is 3.32. The second-order valence-electron chi connectivity index (χ2n) is 6.47. The van der Waals surface area contributed by atoms with Crippen LogP contribution in [0.15, 0.2) is 59.1 Å². The van der Waals surface area contributed by atoms with Crippen LogP contribution in [-0.2, 0) is 9.53 Å². The minimum atomic E-state index is -0.659. The molecule has 2 aromatic carbocycles. The number of hydrogen-bond donors (Lipinski definition) is 2. The first kappa shape index (κ1) is 21.3. The molecule has 0 atom stereocenters. The van der Waals surface area contributed by atoms with E-state index in [1.165, 1.54) is 0 Å². The molecule has 30 heavy (non-hydrogen) atoms. The number of hydrazine groups is 1. The maximum Gasteiger partial charge on any atom is 0.338 e. The van der Waals surface area contributed by atoms with Gasteiger partial charge in [0.05, 0.1) is 16.9 Å². The maximum atomic E-state index is 12.1. The first-order valence-electron chi connectivity index (χ1n) is 8.99. The van der Waals surface area contributed by atoms with Crippen molar-refractivity contribution in [3.05, 3.63) is 81.6 Å². The van der Waals surface area contributed by atoms with E-state index in [0.717, 1.165) is 21.5 Å². The molecule has 154 valence electrons. The van der Waals surface area contributed by atoms with Crippen LogP contribution < -0.4 is 10.9 Å². The number of amides is 2. The Morgan fingerprint density at radius 3 is 2.20 bits per heavy atom. The van der Waals surface area contributed by atoms with Crippen LogP contribution in [-0.4, -0.2) is 34.2 Å². The number of ether oxygens (including phenoxy) is 1. The van der Waals surface area contributed by atoms with E-state index in [9.17, 15) is 14.4 Å². The van der Waals surface area contributed by atoms with E-state index >= 15 is 0 Å². The summed E-state index contributed by atoms with van der Waals surface area (Å²) in [4.78, 5) is 35.9. The number of rotatable bonds is 5. The largest absolute Gasteiger partial charge is 0.452 e. The summed E-state index contributed by atoms with van der Waals surface area (Å²) in [6, 6.07) is 15.3. The summed E-state index contributed by atoms with van der Waals surface area (Å²) in [7, 11) is 0. The van der Waals surface area contributed by atoms with Crippen LogP contribution in [0.25, 0.3) is 5.69 Å². The number of aromatic nitrogens is 2. The van der Waals surface area contributed by atoms with E-state index < -0.39 is 24.4 Å². The van der Waals surface area contributed by atoms with Gasteiger partial charge in [-0.2, -0.15) is 5.10 Å². The monoisotopic (exact) mass is 470 g/mol. The first-order chi connectivity index (χ1) is 14.3. The Bertz CT molecular complexity index is 1080. The summed E-state index contributed by atoms with van der Waals surface area (Å²) in [6.07, 6.45) is 0. The topological polar surface area (TPSA) is 102 Å². The van der Waals surface area contributed by atoms with Crippen molar-refractivity contribution in [2.24, 2.45) is 0 Å². The molecule has 9 heteroatoms. The highest BCUT2D eigenvalue weighted by Crippen LogP contribution is 2.14. The van der Waals surface area contributed by atoms with E-state index in [0.29, 0.717) is 11.1 Å². The molecule has 2 N–H and O–H groups in total. The summed E-state index contributed by atoms with van der Waals surface area (Å²) in [5.41, 5.74) is 7.82. The summed E-state index contributed by atoms with van der Waals surface area (Å²) >= 11 is 3.28. The van der Waals surface area contributed by atoms with E-state index in [4.69, 9.17) is 4.74 Å². The van der Waals surface area contributed by atoms with Gasteiger partial charge in [0, 0.05) is 15.7 Å². The Labute approximate surface area is 181 Å². The number of esters is 1. The molecule has 8 nitrogen and oxygen atoms in total. The highest BCUT2D eigenvalue weighted by Gasteiger charge is 2.12. The van der Waals surface area contributed by atoms with Gasteiger partial charge in [0.25, 0.3) is 11.8 Å². The van der Waals surface area contributed by atoms with Crippen LogP contribution in [0.5, 0.6) is 0 Å². The van der Waals surface area contributed by atoms with Crippen molar-refractivity contribution < 1.29 is 19.1 Å². The van der Waals surface area contributed by atoms with Crippen molar-refractivity contribution in [3.63, 3.8) is 0 Å². The predicted octanol–water partition coefficient (Wildman–Crippen LogP) is 2.87. The van der Waals surface area contributed by atoms with Crippen LogP contribution in [0.2, 0.25) is 0 Å². The SMILES string of the molecule is Cc1cc(C)n(-c2ccc(C(=O)OCC(=O)NNC(=O)c3ccc(Br)cc3)cc2)n1. The molecule has 3 aromatic rings. The van der Waals surface area contributed by atoms with Gasteiger partial charge in [-0.05, 0) is 68.4 Å². The molecular formula is C21H19BrN4O4. The Morgan fingerprint density at radius 2 is 1.60 bits per heavy atom. The fourth-order valence-electron chi connectivity index (χ4n) is 2.68. The molecule has 1 aromatic heterocycles. The molecule has 0 aliphatic rings. The van der Waals surface area contributed by atoms with Crippen molar-refractivity contribution in [3.8, 4) is 5.69 Å². The molecule has 0 saturated heterocycles. The molecular weight excluding hydrogens is 452 g/mol. The number of aryl methyl sites for hydroxylation is 2. The summed E-state index contributed by atoms with van der Waals surface area (Å²) in [5.74, 6) is -1.79. The number of hydrogen-bond acceptors (Lipinski definition) is 5. The molecule has 2 amide bonds. The van der Waals surface area contributed by atoms with Gasteiger partial charge in [0.1, 0.15) is 0 Å². The van der Waals surface area contributed by atoms with Crippen LogP contribution in [0, 0.1) is 13.8 Å². The van der Waals surface area contributed by atoms with E-state index in [1.54, 1.807) is 53.2 Å². The third-order valence-corrected chi connectivity index (χ3v) is 4.64. The average Bonchev–Trinajstić information content (AvgIpc) is 3.08. The van der Waals surface area contributed by atoms with Gasteiger partial charge >= 0.3 is 5.97 Å². The molecule has 0 radical (unpaired) electrons. The lowest BCUT2D eigenvalue weighted by Crippen LogP contribution is -2.43. The molecule has 0 aliphatic carbocycles. The number of carbonyl (C=O) groups is 3. The highest BCUT2D eigenvalue weighted by atomic mass is 79.9. The molecule has 0 saturated carbocycles. The zero-order chi connectivity index (χ0) is 21.7. The van der Waals surface area contributed by atoms with Gasteiger partial charge in [-0.1, -0.05) is 15.9 Å². The Kier molecular flexibility index (Phi) is 6.63. The van der Waals surface area contributed by atoms with E-state index in [1.807, 2.05) is 19.9 Å². The van der Waals surface area contributed by atoms with Gasteiger partial charge in [0.2, 0.25) is 0 Å². The molecule has 0 spiro atoms. The maximum absolute atomic E-state index is 12.1. The molecule has 0 bridgehead atoms. The van der Waals surface area contributed by atoms with Crippen LogP contribution in [0.1, 0.15) is 32.1 Å². The van der Waals surface area contributed by atoms with E-state index in [-0.39, 0.29) is 0 Å². The van der Waals surface area contributed by atoms with Crippen molar-refractivity contribution in [2.45, 2.75) is 13.8 Å².